The summed E-state index contributed by atoms with van der Waals surface area (Å²) in [5.74, 6) is 0. The maximum atomic E-state index is 5.52. The Morgan fingerprint density at radius 2 is 0.946 bits per heavy atom. The molecule has 1 aliphatic heterocycles. The van der Waals surface area contributed by atoms with Gasteiger partial charge in [-0.2, -0.15) is 5.10 Å². The molecule has 0 spiro atoms. The molecule has 2 aromatic heterocycles. The molecule has 0 amide bonds. The summed E-state index contributed by atoms with van der Waals surface area (Å²) in [7, 11) is 0. The predicted octanol–water partition coefficient (Wildman–Crippen LogP) is 10.6. The molecular weight excluding hydrogens is 679 g/mol. The normalized spacial score (nSPS) is 12.2. The van der Waals surface area contributed by atoms with E-state index in [0.717, 1.165) is 51.0 Å². The van der Waals surface area contributed by atoms with Crippen LogP contribution in [0.5, 0.6) is 0 Å². The van der Waals surface area contributed by atoms with Crippen molar-refractivity contribution in [1.29, 1.82) is 0 Å². The van der Waals surface area contributed by atoms with E-state index in [1.807, 2.05) is 0 Å². The van der Waals surface area contributed by atoms with Gasteiger partial charge in [0, 0.05) is 39.0 Å². The highest BCUT2D eigenvalue weighted by molar-refractivity contribution is 6.98. The molecule has 0 fully saturated rings. The lowest BCUT2D eigenvalue weighted by Crippen LogP contribution is -2.57. The number of benzene rings is 8. The monoisotopic (exact) mass is 714 g/mol. The first-order chi connectivity index (χ1) is 27.8. The molecule has 10 aromatic rings. The summed E-state index contributed by atoms with van der Waals surface area (Å²) in [6.07, 6.45) is 0. The molecule has 56 heavy (non-hydrogen) atoms. The van der Waals surface area contributed by atoms with Crippen LogP contribution < -0.4 is 21.3 Å². The molecule has 0 saturated carbocycles. The van der Waals surface area contributed by atoms with E-state index in [1.54, 1.807) is 0 Å². The number of hydrogen-bond donors (Lipinski definition) is 0. The quantitative estimate of drug-likeness (QED) is 0.160. The zero-order chi connectivity index (χ0) is 37.0. The van der Waals surface area contributed by atoms with Crippen molar-refractivity contribution in [2.45, 2.75) is 0 Å². The van der Waals surface area contributed by atoms with Gasteiger partial charge in [-0.15, -0.1) is 0 Å². The van der Waals surface area contributed by atoms with Gasteiger partial charge in [0.15, 0.2) is 0 Å². The predicted molar refractivity (Wildman–Crippen MR) is 235 cm³/mol. The number of anilines is 3. The summed E-state index contributed by atoms with van der Waals surface area (Å²) in [5, 5.41) is 8.02. The van der Waals surface area contributed by atoms with E-state index in [2.05, 4.69) is 226 Å². The van der Waals surface area contributed by atoms with Crippen LogP contribution >= 0.6 is 0 Å². The molecule has 0 aliphatic carbocycles. The minimum atomic E-state index is -0.00351. The summed E-state index contributed by atoms with van der Waals surface area (Å²) in [5.41, 5.74) is 15.7. The molecule has 1 aliphatic rings. The van der Waals surface area contributed by atoms with E-state index in [1.165, 1.54) is 38.2 Å². The van der Waals surface area contributed by atoms with Crippen LogP contribution in [0.1, 0.15) is 0 Å². The summed E-state index contributed by atoms with van der Waals surface area (Å²) in [4.78, 5) is 2.48. The van der Waals surface area contributed by atoms with Crippen molar-refractivity contribution in [2.24, 2.45) is 0 Å². The molecule has 5 heteroatoms. The first-order valence-electron chi connectivity index (χ1n) is 19.2. The van der Waals surface area contributed by atoms with E-state index in [0.29, 0.717) is 0 Å². The summed E-state index contributed by atoms with van der Waals surface area (Å²) in [6.45, 7) is -0.00351. The van der Waals surface area contributed by atoms with Crippen LogP contribution in [0.4, 0.5) is 17.1 Å². The molecule has 0 unspecified atom stereocenters. The van der Waals surface area contributed by atoms with Crippen molar-refractivity contribution < 1.29 is 0 Å². The smallest absolute Gasteiger partial charge is 0.246 e. The van der Waals surface area contributed by atoms with Gasteiger partial charge in [-0.05, 0) is 59.5 Å². The molecule has 0 N–H and O–H groups in total. The average Bonchev–Trinajstić information content (AvgIpc) is 3.83. The lowest BCUT2D eigenvalue weighted by Gasteiger charge is -2.37. The van der Waals surface area contributed by atoms with Crippen LogP contribution in [-0.2, 0) is 0 Å². The van der Waals surface area contributed by atoms with Gasteiger partial charge in [0.1, 0.15) is 11.4 Å². The zero-order valence-electron chi connectivity index (χ0n) is 30.6. The average molecular weight is 715 g/mol. The molecule has 0 bridgehead atoms. The highest BCUT2D eigenvalue weighted by atomic mass is 15.3. The Morgan fingerprint density at radius 1 is 0.411 bits per heavy atom. The maximum Gasteiger partial charge on any atom is 0.246 e. The third-order valence-corrected chi connectivity index (χ3v) is 11.2. The maximum absolute atomic E-state index is 5.52. The van der Waals surface area contributed by atoms with Gasteiger partial charge in [0.25, 0.3) is 0 Å². The van der Waals surface area contributed by atoms with Crippen molar-refractivity contribution >= 4 is 62.0 Å². The minimum absolute atomic E-state index is 0.00351. The second kappa shape index (κ2) is 13.2. The van der Waals surface area contributed by atoms with Gasteiger partial charge in [-0.1, -0.05) is 169 Å². The highest BCUT2D eigenvalue weighted by Gasteiger charge is 2.39. The van der Waals surface area contributed by atoms with E-state index in [9.17, 15) is 0 Å². The summed E-state index contributed by atoms with van der Waals surface area (Å²) >= 11 is 0. The molecule has 0 radical (unpaired) electrons. The number of nitrogens with zero attached hydrogens (tertiary/aromatic N) is 4. The number of para-hydroxylation sites is 4. The van der Waals surface area contributed by atoms with Gasteiger partial charge in [-0.25, -0.2) is 4.68 Å². The molecular formula is C51H35BN4. The minimum Gasteiger partial charge on any atom is -0.309 e. The Morgan fingerprint density at radius 3 is 1.62 bits per heavy atom. The second-order valence-electron chi connectivity index (χ2n) is 14.4. The Balaban J connectivity index is 1.25. The van der Waals surface area contributed by atoms with E-state index in [4.69, 9.17) is 5.10 Å². The molecule has 11 rings (SSSR count). The lowest BCUT2D eigenvalue weighted by atomic mass is 9.35. The van der Waals surface area contributed by atoms with Crippen molar-refractivity contribution in [2.75, 3.05) is 4.90 Å². The van der Waals surface area contributed by atoms with Gasteiger partial charge in [0.05, 0.1) is 22.4 Å². The first kappa shape index (κ1) is 32.1. The van der Waals surface area contributed by atoms with Crippen molar-refractivity contribution in [3.63, 3.8) is 0 Å². The molecule has 3 heterocycles. The van der Waals surface area contributed by atoms with Crippen molar-refractivity contribution in [3.05, 3.63) is 212 Å². The first-order valence-corrected chi connectivity index (χ1v) is 19.2. The summed E-state index contributed by atoms with van der Waals surface area (Å²) < 4.78 is 4.56. The van der Waals surface area contributed by atoms with Crippen LogP contribution in [0.2, 0.25) is 0 Å². The largest absolute Gasteiger partial charge is 0.309 e. The molecule has 8 aromatic carbocycles. The topological polar surface area (TPSA) is 26.0 Å². The molecule has 0 saturated heterocycles. The van der Waals surface area contributed by atoms with Crippen molar-refractivity contribution in [1.82, 2.24) is 14.3 Å². The second-order valence-corrected chi connectivity index (χ2v) is 14.4. The van der Waals surface area contributed by atoms with Gasteiger partial charge in [0.2, 0.25) is 6.71 Å². The fourth-order valence-electron chi connectivity index (χ4n) is 8.82. The lowest BCUT2D eigenvalue weighted by molar-refractivity contribution is 0.892. The van der Waals surface area contributed by atoms with Gasteiger partial charge >= 0.3 is 0 Å². The fraction of sp³-hybridized carbons (Fsp3) is 0. The van der Waals surface area contributed by atoms with Crippen LogP contribution in [0.3, 0.4) is 0 Å². The molecule has 262 valence electrons. The zero-order valence-corrected chi connectivity index (χ0v) is 30.6. The number of hydrogen-bond acceptors (Lipinski definition) is 2. The Kier molecular flexibility index (Phi) is 7.56. The van der Waals surface area contributed by atoms with Gasteiger partial charge < -0.3 is 9.47 Å². The Hall–Kier alpha value is -7.37. The van der Waals surface area contributed by atoms with E-state index >= 15 is 0 Å². The number of rotatable bonds is 6. The summed E-state index contributed by atoms with van der Waals surface area (Å²) in [6, 6.07) is 76.3. The van der Waals surface area contributed by atoms with Crippen LogP contribution in [0.25, 0.3) is 55.7 Å². The van der Waals surface area contributed by atoms with Crippen LogP contribution in [0, 0.1) is 0 Å². The van der Waals surface area contributed by atoms with E-state index in [-0.39, 0.29) is 6.71 Å². The Bertz CT molecular complexity index is 2970. The standard InChI is InChI=1S/C51H35BN4/c1-5-19-36(20-6-1)49-51(50(37-21-7-2-8-22-37)56(53-49)39-25-11-4-12-26-39)55-47-32-18-15-29-43(47)52(38-23-9-3-10-24-38)44-35-40(33-34-48(44)55)54-45-30-16-13-27-41(45)42-28-14-17-31-46(42)54/h1-35H. The molecule has 4 nitrogen and oxygen atoms in total. The van der Waals surface area contributed by atoms with E-state index < -0.39 is 0 Å². The third kappa shape index (κ3) is 5.05. The van der Waals surface area contributed by atoms with Crippen LogP contribution in [-0.4, -0.2) is 21.1 Å². The number of aromatic nitrogens is 3. The Labute approximate surface area is 326 Å². The van der Waals surface area contributed by atoms with Crippen LogP contribution in [0.15, 0.2) is 212 Å². The SMILES string of the molecule is c1ccc(B2c3ccccc3N(c3c(-c4ccccc4)nn(-c4ccccc4)c3-c3ccccc3)c3ccc(-n4c5ccccc5c5ccccc54)cc32)cc1. The molecule has 0 atom stereocenters. The van der Waals surface area contributed by atoms with Crippen molar-refractivity contribution in [3.8, 4) is 33.9 Å². The highest BCUT2D eigenvalue weighted by Crippen LogP contribution is 2.48. The number of fused-ring (bicyclic) bond motifs is 5. The van der Waals surface area contributed by atoms with Gasteiger partial charge in [-0.3, -0.25) is 0 Å². The third-order valence-electron chi connectivity index (χ3n) is 11.2. The fourth-order valence-corrected chi connectivity index (χ4v) is 8.82.